The van der Waals surface area contributed by atoms with Crippen molar-refractivity contribution in [2.75, 3.05) is 18.1 Å². The highest BCUT2D eigenvalue weighted by molar-refractivity contribution is 6.31. The summed E-state index contributed by atoms with van der Waals surface area (Å²) in [6.45, 7) is 3.94. The monoisotopic (exact) mass is 346 g/mol. The van der Waals surface area contributed by atoms with Crippen LogP contribution in [-0.2, 0) is 17.8 Å². The van der Waals surface area contributed by atoms with E-state index < -0.39 is 5.97 Å². The van der Waals surface area contributed by atoms with Gasteiger partial charge < -0.3 is 9.64 Å². The maximum Gasteiger partial charge on any atom is 0.341 e. The van der Waals surface area contributed by atoms with Crippen molar-refractivity contribution >= 4 is 23.4 Å². The number of hydrogen-bond donors (Lipinski definition) is 0. The molecular formula is C18H19ClN2O3. The Bertz CT molecular complexity index is 816. The van der Waals surface area contributed by atoms with Gasteiger partial charge in [-0.15, -0.1) is 0 Å². The van der Waals surface area contributed by atoms with Gasteiger partial charge in [0.1, 0.15) is 11.4 Å². The highest BCUT2D eigenvalue weighted by Crippen LogP contribution is 2.27. The predicted molar refractivity (Wildman–Crippen MR) is 93.8 cm³/mol. The molecule has 6 heteroatoms. The van der Waals surface area contributed by atoms with Crippen LogP contribution in [0.25, 0.3) is 0 Å². The van der Waals surface area contributed by atoms with Crippen molar-refractivity contribution in [3.8, 4) is 0 Å². The number of hydrogen-bond acceptors (Lipinski definition) is 4. The molecule has 1 aromatic heterocycles. The molecule has 126 valence electrons. The number of carbonyl (C=O) groups excluding carboxylic acids is 1. The molecule has 0 unspecified atom stereocenters. The average Bonchev–Trinajstić information content (AvgIpc) is 2.58. The minimum absolute atomic E-state index is 0.109. The van der Waals surface area contributed by atoms with E-state index in [0.29, 0.717) is 36.1 Å². The molecule has 2 heterocycles. The van der Waals surface area contributed by atoms with Gasteiger partial charge >= 0.3 is 5.97 Å². The molecule has 0 bridgehead atoms. The highest BCUT2D eigenvalue weighted by Gasteiger charge is 2.25. The molecular weight excluding hydrogens is 328 g/mol. The highest BCUT2D eigenvalue weighted by atomic mass is 35.5. The van der Waals surface area contributed by atoms with E-state index >= 15 is 0 Å². The molecule has 1 aliphatic rings. The Labute approximate surface area is 145 Å². The van der Waals surface area contributed by atoms with Crippen LogP contribution in [0.5, 0.6) is 0 Å². The smallest absolute Gasteiger partial charge is 0.341 e. The number of anilines is 1. The van der Waals surface area contributed by atoms with Gasteiger partial charge in [-0.1, -0.05) is 29.8 Å². The third-order valence-electron chi connectivity index (χ3n) is 4.08. The molecule has 0 aliphatic carbocycles. The summed E-state index contributed by atoms with van der Waals surface area (Å²) in [4.78, 5) is 26.5. The van der Waals surface area contributed by atoms with E-state index in [0.717, 1.165) is 18.5 Å². The fourth-order valence-corrected chi connectivity index (χ4v) is 3.20. The van der Waals surface area contributed by atoms with Gasteiger partial charge in [-0.05, 0) is 31.0 Å². The standard InChI is InChI=1S/C18H19ClN2O3/c1-2-24-18(23)14-8-9-16(22)21-11-5-10-20(17(14)21)12-13-6-3-4-7-15(13)19/h3-4,6-9H,2,5,10-12H2,1H3. The van der Waals surface area contributed by atoms with Crippen molar-refractivity contribution in [2.24, 2.45) is 0 Å². The zero-order valence-electron chi connectivity index (χ0n) is 13.5. The Morgan fingerprint density at radius 3 is 2.75 bits per heavy atom. The van der Waals surface area contributed by atoms with E-state index in [9.17, 15) is 9.59 Å². The van der Waals surface area contributed by atoms with Gasteiger partial charge in [-0.2, -0.15) is 0 Å². The summed E-state index contributed by atoms with van der Waals surface area (Å²) in [5, 5.41) is 0.672. The quantitative estimate of drug-likeness (QED) is 0.798. The number of aromatic nitrogens is 1. The number of rotatable bonds is 4. The number of carbonyl (C=O) groups is 1. The number of ether oxygens (including phenoxy) is 1. The van der Waals surface area contributed by atoms with Gasteiger partial charge in [0.15, 0.2) is 0 Å². The fourth-order valence-electron chi connectivity index (χ4n) is 3.01. The first-order valence-corrected chi connectivity index (χ1v) is 8.39. The molecule has 1 aromatic carbocycles. The van der Waals surface area contributed by atoms with E-state index in [1.807, 2.05) is 29.2 Å². The molecule has 3 rings (SSSR count). The molecule has 0 saturated carbocycles. The Morgan fingerprint density at radius 2 is 2.00 bits per heavy atom. The van der Waals surface area contributed by atoms with Crippen LogP contribution in [0.1, 0.15) is 29.3 Å². The van der Waals surface area contributed by atoms with E-state index in [1.54, 1.807) is 17.6 Å². The Morgan fingerprint density at radius 1 is 1.21 bits per heavy atom. The van der Waals surface area contributed by atoms with Gasteiger partial charge in [0.05, 0.1) is 6.61 Å². The van der Waals surface area contributed by atoms with Crippen LogP contribution >= 0.6 is 11.6 Å². The van der Waals surface area contributed by atoms with Gasteiger partial charge in [0.25, 0.3) is 5.56 Å². The summed E-state index contributed by atoms with van der Waals surface area (Å²) < 4.78 is 6.79. The first kappa shape index (κ1) is 16.6. The fraction of sp³-hybridized carbons (Fsp3) is 0.333. The normalized spacial score (nSPS) is 13.5. The lowest BCUT2D eigenvalue weighted by Gasteiger charge is -2.33. The first-order chi connectivity index (χ1) is 11.6. The van der Waals surface area contributed by atoms with Crippen LogP contribution in [0, 0.1) is 0 Å². The zero-order valence-corrected chi connectivity index (χ0v) is 14.3. The van der Waals surface area contributed by atoms with Crippen molar-refractivity contribution in [3.05, 3.63) is 62.9 Å². The minimum atomic E-state index is -0.410. The predicted octanol–water partition coefficient (Wildman–Crippen LogP) is 3.09. The number of benzene rings is 1. The minimum Gasteiger partial charge on any atom is -0.462 e. The second kappa shape index (κ2) is 7.09. The molecule has 0 radical (unpaired) electrons. The van der Waals surface area contributed by atoms with Crippen LogP contribution in [0.2, 0.25) is 5.02 Å². The lowest BCUT2D eigenvalue weighted by Crippen LogP contribution is -2.38. The van der Waals surface area contributed by atoms with Crippen molar-refractivity contribution in [2.45, 2.75) is 26.4 Å². The summed E-state index contributed by atoms with van der Waals surface area (Å²) in [5.41, 5.74) is 1.27. The molecule has 1 aliphatic heterocycles. The van der Waals surface area contributed by atoms with E-state index in [1.165, 1.54) is 6.07 Å². The summed E-state index contributed by atoms with van der Waals surface area (Å²) in [6.07, 6.45) is 0.837. The maximum absolute atomic E-state index is 12.3. The number of fused-ring (bicyclic) bond motifs is 1. The largest absolute Gasteiger partial charge is 0.462 e. The van der Waals surface area contributed by atoms with Gasteiger partial charge in [-0.25, -0.2) is 4.79 Å². The van der Waals surface area contributed by atoms with Crippen molar-refractivity contribution in [3.63, 3.8) is 0 Å². The van der Waals surface area contributed by atoms with Gasteiger partial charge in [-0.3, -0.25) is 9.36 Å². The second-order valence-electron chi connectivity index (χ2n) is 5.65. The number of halogens is 1. The van der Waals surface area contributed by atoms with Crippen LogP contribution in [0.3, 0.4) is 0 Å². The van der Waals surface area contributed by atoms with Crippen LogP contribution < -0.4 is 10.5 Å². The van der Waals surface area contributed by atoms with Crippen LogP contribution in [0.4, 0.5) is 5.82 Å². The number of nitrogens with zero attached hydrogens (tertiary/aromatic N) is 2. The average molecular weight is 347 g/mol. The molecule has 0 saturated heterocycles. The second-order valence-corrected chi connectivity index (χ2v) is 6.05. The summed E-state index contributed by atoms with van der Waals surface area (Å²) in [6, 6.07) is 10.6. The van der Waals surface area contributed by atoms with Crippen molar-refractivity contribution in [1.29, 1.82) is 0 Å². The Hall–Kier alpha value is -2.27. The lowest BCUT2D eigenvalue weighted by molar-refractivity contribution is 0.0525. The Balaban J connectivity index is 2.05. The molecule has 24 heavy (non-hydrogen) atoms. The topological polar surface area (TPSA) is 51.5 Å². The van der Waals surface area contributed by atoms with Crippen molar-refractivity contribution < 1.29 is 9.53 Å². The molecule has 0 fully saturated rings. The summed E-state index contributed by atoms with van der Waals surface area (Å²) in [7, 11) is 0. The van der Waals surface area contributed by atoms with Gasteiger partial charge in [0, 0.05) is 30.7 Å². The SMILES string of the molecule is CCOC(=O)c1ccc(=O)n2c1N(Cc1ccccc1Cl)CCC2. The molecule has 0 N–H and O–H groups in total. The maximum atomic E-state index is 12.3. The molecule has 0 spiro atoms. The summed E-state index contributed by atoms with van der Waals surface area (Å²) >= 11 is 6.27. The molecule has 2 aromatic rings. The molecule has 5 nitrogen and oxygen atoms in total. The van der Waals surface area contributed by atoms with Crippen LogP contribution in [-0.4, -0.2) is 23.7 Å². The Kier molecular flexibility index (Phi) is 4.90. The molecule has 0 atom stereocenters. The zero-order chi connectivity index (χ0) is 17.1. The first-order valence-electron chi connectivity index (χ1n) is 8.01. The third kappa shape index (κ3) is 3.17. The summed E-state index contributed by atoms with van der Waals surface area (Å²) in [5.74, 6) is 0.208. The number of pyridine rings is 1. The van der Waals surface area contributed by atoms with Crippen LogP contribution in [0.15, 0.2) is 41.2 Å². The van der Waals surface area contributed by atoms with E-state index in [4.69, 9.17) is 16.3 Å². The van der Waals surface area contributed by atoms with Crippen molar-refractivity contribution in [1.82, 2.24) is 4.57 Å². The number of esters is 1. The van der Waals surface area contributed by atoms with Gasteiger partial charge in [0.2, 0.25) is 0 Å². The lowest BCUT2D eigenvalue weighted by atomic mass is 10.1. The third-order valence-corrected chi connectivity index (χ3v) is 4.45. The van der Waals surface area contributed by atoms with E-state index in [2.05, 4.69) is 0 Å². The van der Waals surface area contributed by atoms with E-state index in [-0.39, 0.29) is 5.56 Å². The molecule has 0 amide bonds.